The van der Waals surface area contributed by atoms with Gasteiger partial charge in [-0.05, 0) is 88.4 Å². The fourth-order valence-corrected chi connectivity index (χ4v) is 4.52. The van der Waals surface area contributed by atoms with Gasteiger partial charge in [0, 0.05) is 5.56 Å². The smallest absolute Gasteiger partial charge is 0.189 e. The van der Waals surface area contributed by atoms with Crippen LogP contribution in [0.1, 0.15) is 128 Å². The number of aryl methyl sites for hydroxylation is 1. The van der Waals surface area contributed by atoms with Crippen molar-refractivity contribution in [1.29, 1.82) is 0 Å². The third kappa shape index (κ3) is 11.1. The molecule has 0 aromatic heterocycles. The first-order valence-corrected chi connectivity index (χ1v) is 15.3. The minimum atomic E-state index is -0.105. The van der Waals surface area contributed by atoms with Crippen molar-refractivity contribution in [2.75, 3.05) is 0 Å². The fourth-order valence-electron chi connectivity index (χ4n) is 4.52. The summed E-state index contributed by atoms with van der Waals surface area (Å²) in [5, 5.41) is 0. The molecule has 4 nitrogen and oxygen atoms in total. The average molecular weight is 537 g/mol. The molecule has 3 unspecified atom stereocenters. The van der Waals surface area contributed by atoms with Gasteiger partial charge in [-0.3, -0.25) is 4.79 Å². The third-order valence-electron chi connectivity index (χ3n) is 7.01. The Morgan fingerprint density at radius 2 is 1.31 bits per heavy atom. The lowest BCUT2D eigenvalue weighted by atomic mass is 10.0. The molecule has 0 bridgehead atoms. The standard InChI is InChI=1S/C35H52O4/c1-8-12-16-26(5)37-33-24-21-29(11-4)25-30(33)22-23-32(36)31-19-15-20-34(38-27(6)17-13-9-2)35(31)39-28(7)18-14-10-3/h15,19-28H,8-14,16-18H2,1-7H3. The van der Waals surface area contributed by atoms with Gasteiger partial charge in [-0.15, -0.1) is 0 Å². The summed E-state index contributed by atoms with van der Waals surface area (Å²) < 4.78 is 19.0. The van der Waals surface area contributed by atoms with Crippen molar-refractivity contribution in [2.24, 2.45) is 0 Å². The Morgan fingerprint density at radius 1 is 0.744 bits per heavy atom. The maximum Gasteiger partial charge on any atom is 0.189 e. The van der Waals surface area contributed by atoms with Crippen LogP contribution in [0.3, 0.4) is 0 Å². The summed E-state index contributed by atoms with van der Waals surface area (Å²) in [5.74, 6) is 1.90. The van der Waals surface area contributed by atoms with E-state index in [1.807, 2.05) is 30.3 Å². The van der Waals surface area contributed by atoms with Crippen LogP contribution in [-0.2, 0) is 6.42 Å². The van der Waals surface area contributed by atoms with Crippen LogP contribution in [0.2, 0.25) is 0 Å². The second-order valence-electron chi connectivity index (χ2n) is 10.8. The van der Waals surface area contributed by atoms with Gasteiger partial charge in [-0.2, -0.15) is 0 Å². The van der Waals surface area contributed by atoms with Gasteiger partial charge in [0.15, 0.2) is 17.3 Å². The van der Waals surface area contributed by atoms with Gasteiger partial charge in [-0.1, -0.05) is 78.4 Å². The van der Waals surface area contributed by atoms with Gasteiger partial charge in [0.1, 0.15) is 5.75 Å². The van der Waals surface area contributed by atoms with E-state index in [9.17, 15) is 4.79 Å². The minimum Gasteiger partial charge on any atom is -0.490 e. The molecule has 0 spiro atoms. The topological polar surface area (TPSA) is 44.8 Å². The highest BCUT2D eigenvalue weighted by atomic mass is 16.5. The summed E-state index contributed by atoms with van der Waals surface area (Å²) in [5.41, 5.74) is 2.66. The number of rotatable bonds is 19. The molecule has 0 saturated carbocycles. The normalized spacial score (nSPS) is 13.7. The van der Waals surface area contributed by atoms with Crippen molar-refractivity contribution in [3.05, 3.63) is 59.2 Å². The number of ketones is 1. The van der Waals surface area contributed by atoms with Gasteiger partial charge in [0.25, 0.3) is 0 Å². The molecule has 0 heterocycles. The monoisotopic (exact) mass is 536 g/mol. The predicted molar refractivity (Wildman–Crippen MR) is 164 cm³/mol. The number of carbonyl (C=O) groups is 1. The zero-order valence-corrected chi connectivity index (χ0v) is 25.6. The molecular weight excluding hydrogens is 484 g/mol. The van der Waals surface area contributed by atoms with E-state index in [1.165, 1.54) is 5.56 Å². The summed E-state index contributed by atoms with van der Waals surface area (Å²) in [6.07, 6.45) is 14.2. The molecule has 39 heavy (non-hydrogen) atoms. The zero-order valence-electron chi connectivity index (χ0n) is 25.6. The molecule has 0 aliphatic carbocycles. The van der Waals surface area contributed by atoms with Crippen molar-refractivity contribution in [3.8, 4) is 17.2 Å². The molecule has 2 aromatic rings. The van der Waals surface area contributed by atoms with Crippen LogP contribution in [0.4, 0.5) is 0 Å². The van der Waals surface area contributed by atoms with Crippen LogP contribution < -0.4 is 14.2 Å². The fraction of sp³-hybridized carbons (Fsp3) is 0.571. The van der Waals surface area contributed by atoms with Crippen LogP contribution in [0, 0.1) is 0 Å². The number of unbranched alkanes of at least 4 members (excludes halogenated alkanes) is 3. The summed E-state index contributed by atoms with van der Waals surface area (Å²) >= 11 is 0. The van der Waals surface area contributed by atoms with Crippen LogP contribution in [0.25, 0.3) is 6.08 Å². The molecule has 0 radical (unpaired) electrons. The number of para-hydroxylation sites is 1. The molecule has 0 saturated heterocycles. The van der Waals surface area contributed by atoms with Gasteiger partial charge >= 0.3 is 0 Å². The maximum atomic E-state index is 13.6. The molecule has 2 aromatic carbocycles. The highest BCUT2D eigenvalue weighted by Crippen LogP contribution is 2.35. The third-order valence-corrected chi connectivity index (χ3v) is 7.01. The molecule has 0 aliphatic heterocycles. The number of ether oxygens (including phenoxy) is 3. The van der Waals surface area contributed by atoms with Crippen molar-refractivity contribution in [3.63, 3.8) is 0 Å². The van der Waals surface area contributed by atoms with E-state index in [4.69, 9.17) is 14.2 Å². The van der Waals surface area contributed by atoms with Crippen molar-refractivity contribution < 1.29 is 19.0 Å². The van der Waals surface area contributed by atoms with Crippen LogP contribution in [0.5, 0.6) is 17.2 Å². The minimum absolute atomic E-state index is 0.0120. The molecule has 4 heteroatoms. The second-order valence-corrected chi connectivity index (χ2v) is 10.8. The Hall–Kier alpha value is -2.75. The zero-order chi connectivity index (χ0) is 28.6. The van der Waals surface area contributed by atoms with Gasteiger partial charge < -0.3 is 14.2 Å². The Morgan fingerprint density at radius 3 is 1.87 bits per heavy atom. The van der Waals surface area contributed by atoms with Gasteiger partial charge in [0.2, 0.25) is 0 Å². The Kier molecular flexibility index (Phi) is 14.8. The molecule has 0 amide bonds. The predicted octanol–water partition coefficient (Wildman–Crippen LogP) is 10.0. The summed E-state index contributed by atoms with van der Waals surface area (Å²) in [6, 6.07) is 11.9. The summed E-state index contributed by atoms with van der Waals surface area (Å²) in [6.45, 7) is 14.9. The van der Waals surface area contributed by atoms with E-state index in [2.05, 4.69) is 60.6 Å². The van der Waals surface area contributed by atoms with Gasteiger partial charge in [0.05, 0.1) is 23.9 Å². The Balaban J connectivity index is 2.38. The van der Waals surface area contributed by atoms with Crippen molar-refractivity contribution in [1.82, 2.24) is 0 Å². The lowest BCUT2D eigenvalue weighted by Crippen LogP contribution is -2.17. The quantitative estimate of drug-likeness (QED) is 0.132. The van der Waals surface area contributed by atoms with E-state index in [0.717, 1.165) is 75.5 Å². The summed E-state index contributed by atoms with van der Waals surface area (Å²) in [4.78, 5) is 13.6. The maximum absolute atomic E-state index is 13.6. The number of allylic oxidation sites excluding steroid dienone is 1. The Bertz CT molecular complexity index is 1030. The number of hydrogen-bond donors (Lipinski definition) is 0. The first-order chi connectivity index (χ1) is 18.8. The Labute approximate surface area is 238 Å². The molecule has 2 rings (SSSR count). The largest absolute Gasteiger partial charge is 0.490 e. The lowest BCUT2D eigenvalue weighted by molar-refractivity contribution is 0.103. The summed E-state index contributed by atoms with van der Waals surface area (Å²) in [7, 11) is 0. The van der Waals surface area contributed by atoms with E-state index in [0.29, 0.717) is 17.1 Å². The van der Waals surface area contributed by atoms with Crippen LogP contribution in [0.15, 0.2) is 42.5 Å². The number of carbonyl (C=O) groups excluding carboxylic acids is 1. The van der Waals surface area contributed by atoms with Crippen molar-refractivity contribution in [2.45, 2.75) is 131 Å². The highest BCUT2D eigenvalue weighted by molar-refractivity contribution is 6.09. The molecule has 0 fully saturated rings. The van der Waals surface area contributed by atoms with E-state index >= 15 is 0 Å². The second kappa shape index (κ2) is 17.8. The van der Waals surface area contributed by atoms with E-state index in [-0.39, 0.29) is 24.1 Å². The van der Waals surface area contributed by atoms with Crippen LogP contribution in [-0.4, -0.2) is 24.1 Å². The molecule has 0 N–H and O–H groups in total. The first-order valence-electron chi connectivity index (χ1n) is 15.3. The van der Waals surface area contributed by atoms with Crippen LogP contribution >= 0.6 is 0 Å². The van der Waals surface area contributed by atoms with E-state index < -0.39 is 0 Å². The lowest BCUT2D eigenvalue weighted by Gasteiger charge is -2.22. The van der Waals surface area contributed by atoms with Gasteiger partial charge in [-0.25, -0.2) is 0 Å². The molecule has 216 valence electrons. The molecule has 3 atom stereocenters. The molecule has 0 aliphatic rings. The van der Waals surface area contributed by atoms with Crippen molar-refractivity contribution >= 4 is 11.9 Å². The van der Waals surface area contributed by atoms with E-state index in [1.54, 1.807) is 6.08 Å². The number of benzene rings is 2. The SMILES string of the molecule is CCCCC(C)Oc1ccc(CC)cc1C=CC(=O)c1cccc(OC(C)CCCC)c1OC(C)CCCC. The first kappa shape index (κ1) is 32.5. The highest BCUT2D eigenvalue weighted by Gasteiger charge is 2.20. The average Bonchev–Trinajstić information content (AvgIpc) is 2.93. The number of hydrogen-bond acceptors (Lipinski definition) is 4. The molecular formula is C35H52O4.